The van der Waals surface area contributed by atoms with Gasteiger partial charge in [-0.05, 0) is 30.5 Å². The van der Waals surface area contributed by atoms with E-state index in [-0.39, 0.29) is 24.7 Å². The summed E-state index contributed by atoms with van der Waals surface area (Å²) in [4.78, 5) is 22.3. The number of benzene rings is 1. The second-order valence-electron chi connectivity index (χ2n) is 4.37. The lowest BCUT2D eigenvalue weighted by molar-refractivity contribution is -0.138. The Hall–Kier alpha value is -1.36. The Morgan fingerprint density at radius 2 is 2.06 bits per heavy atom. The summed E-state index contributed by atoms with van der Waals surface area (Å²) in [5.74, 6) is -1.21. The number of rotatable bonds is 5. The van der Waals surface area contributed by atoms with E-state index in [0.717, 1.165) is 15.7 Å². The minimum atomic E-state index is -0.881. The van der Waals surface area contributed by atoms with Crippen molar-refractivity contribution in [1.29, 1.82) is 0 Å². The molecule has 1 rings (SSSR count). The summed E-state index contributed by atoms with van der Waals surface area (Å²) < 4.78 is 0.930. The Bertz CT molecular complexity index is 460. The van der Waals surface area contributed by atoms with Crippen molar-refractivity contribution in [3.05, 3.63) is 28.2 Å². The molecule has 1 unspecified atom stereocenters. The predicted molar refractivity (Wildman–Crippen MR) is 73.5 cm³/mol. The van der Waals surface area contributed by atoms with Gasteiger partial charge in [-0.1, -0.05) is 28.9 Å². The zero-order valence-corrected chi connectivity index (χ0v) is 12.0. The molecule has 0 aromatic heterocycles. The Morgan fingerprint density at radius 3 is 2.67 bits per heavy atom. The molecule has 0 fully saturated rings. The molecule has 1 atom stereocenters. The number of carboxylic acid groups (broad SMARTS) is 1. The number of anilines is 1. The minimum absolute atomic E-state index is 0.00485. The zero-order chi connectivity index (χ0) is 13.7. The molecule has 0 aliphatic carbocycles. The fraction of sp³-hybridized carbons (Fsp3) is 0.385. The minimum Gasteiger partial charge on any atom is -0.481 e. The molecule has 2 N–H and O–H groups in total. The van der Waals surface area contributed by atoms with Crippen LogP contribution in [-0.2, 0) is 9.59 Å². The smallest absolute Gasteiger partial charge is 0.303 e. The summed E-state index contributed by atoms with van der Waals surface area (Å²) in [5.41, 5.74) is 1.70. The highest BCUT2D eigenvalue weighted by molar-refractivity contribution is 9.10. The van der Waals surface area contributed by atoms with Gasteiger partial charge < -0.3 is 10.4 Å². The molecule has 0 spiro atoms. The average molecular weight is 314 g/mol. The normalized spacial score (nSPS) is 11.9. The largest absolute Gasteiger partial charge is 0.481 e. The van der Waals surface area contributed by atoms with Crippen LogP contribution in [0.4, 0.5) is 5.69 Å². The first-order valence-corrected chi connectivity index (χ1v) is 6.46. The number of carbonyl (C=O) groups is 2. The molecule has 18 heavy (non-hydrogen) atoms. The van der Waals surface area contributed by atoms with E-state index >= 15 is 0 Å². The van der Waals surface area contributed by atoms with Crippen molar-refractivity contribution in [1.82, 2.24) is 0 Å². The van der Waals surface area contributed by atoms with Crippen LogP contribution in [-0.4, -0.2) is 17.0 Å². The number of nitrogens with one attached hydrogen (secondary N) is 1. The third kappa shape index (κ3) is 4.49. The fourth-order valence-electron chi connectivity index (χ4n) is 1.63. The summed E-state index contributed by atoms with van der Waals surface area (Å²) in [6.07, 6.45) is 0.211. The molecule has 0 aliphatic heterocycles. The van der Waals surface area contributed by atoms with Gasteiger partial charge in [0.25, 0.3) is 0 Å². The van der Waals surface area contributed by atoms with E-state index in [4.69, 9.17) is 5.11 Å². The molecule has 0 saturated heterocycles. The van der Waals surface area contributed by atoms with E-state index in [1.165, 1.54) is 0 Å². The van der Waals surface area contributed by atoms with E-state index in [9.17, 15) is 9.59 Å². The number of amides is 1. The van der Waals surface area contributed by atoms with Gasteiger partial charge in [0.15, 0.2) is 0 Å². The van der Waals surface area contributed by atoms with Crippen LogP contribution < -0.4 is 5.32 Å². The van der Waals surface area contributed by atoms with E-state index < -0.39 is 5.97 Å². The average Bonchev–Trinajstić information content (AvgIpc) is 2.23. The van der Waals surface area contributed by atoms with Gasteiger partial charge in [0.05, 0.1) is 0 Å². The van der Waals surface area contributed by atoms with Crippen molar-refractivity contribution in [2.75, 3.05) is 5.32 Å². The third-order valence-electron chi connectivity index (χ3n) is 2.60. The van der Waals surface area contributed by atoms with E-state index in [1.807, 2.05) is 25.1 Å². The number of hydrogen-bond donors (Lipinski definition) is 2. The summed E-state index contributed by atoms with van der Waals surface area (Å²) in [5, 5.41) is 11.4. The van der Waals surface area contributed by atoms with Crippen LogP contribution in [0.5, 0.6) is 0 Å². The van der Waals surface area contributed by atoms with Gasteiger partial charge in [-0.15, -0.1) is 0 Å². The topological polar surface area (TPSA) is 66.4 Å². The SMILES string of the molecule is Cc1c(Br)cccc1NC(=O)CC(C)CC(=O)O. The molecule has 0 saturated carbocycles. The monoisotopic (exact) mass is 313 g/mol. The Kier molecular flexibility index (Phi) is 5.34. The number of halogens is 1. The zero-order valence-electron chi connectivity index (χ0n) is 10.4. The molecule has 1 aromatic rings. The molecule has 0 bridgehead atoms. The molecule has 0 aliphatic rings. The maximum Gasteiger partial charge on any atom is 0.303 e. The molecule has 1 amide bonds. The van der Waals surface area contributed by atoms with E-state index in [1.54, 1.807) is 6.92 Å². The summed E-state index contributed by atoms with van der Waals surface area (Å²) in [6, 6.07) is 5.56. The first-order valence-electron chi connectivity index (χ1n) is 5.67. The van der Waals surface area contributed by atoms with Crippen LogP contribution in [0.1, 0.15) is 25.3 Å². The molecule has 1 aromatic carbocycles. The van der Waals surface area contributed by atoms with Crippen molar-refractivity contribution in [3.8, 4) is 0 Å². The van der Waals surface area contributed by atoms with E-state index in [0.29, 0.717) is 0 Å². The molecular weight excluding hydrogens is 298 g/mol. The Labute approximate surface area is 115 Å². The first kappa shape index (κ1) is 14.7. The van der Waals surface area contributed by atoms with Gasteiger partial charge in [-0.3, -0.25) is 9.59 Å². The highest BCUT2D eigenvalue weighted by atomic mass is 79.9. The first-order chi connectivity index (χ1) is 8.40. The number of carboxylic acids is 1. The van der Waals surface area contributed by atoms with Gasteiger partial charge in [0.1, 0.15) is 0 Å². The highest BCUT2D eigenvalue weighted by Crippen LogP contribution is 2.23. The second-order valence-corrected chi connectivity index (χ2v) is 5.22. The van der Waals surface area contributed by atoms with Gasteiger partial charge in [-0.25, -0.2) is 0 Å². The summed E-state index contributed by atoms with van der Waals surface area (Å²) in [6.45, 7) is 3.65. The third-order valence-corrected chi connectivity index (χ3v) is 3.46. The second kappa shape index (κ2) is 6.54. The lowest BCUT2D eigenvalue weighted by Gasteiger charge is -2.12. The number of carbonyl (C=O) groups excluding carboxylic acids is 1. The van der Waals surface area contributed by atoms with Crippen LogP contribution in [0, 0.1) is 12.8 Å². The molecule has 4 nitrogen and oxygen atoms in total. The van der Waals surface area contributed by atoms with Crippen LogP contribution >= 0.6 is 15.9 Å². The quantitative estimate of drug-likeness (QED) is 0.877. The fourth-order valence-corrected chi connectivity index (χ4v) is 2.00. The molecule has 0 heterocycles. The van der Waals surface area contributed by atoms with Gasteiger partial charge in [0.2, 0.25) is 5.91 Å². The summed E-state index contributed by atoms with van der Waals surface area (Å²) in [7, 11) is 0. The van der Waals surface area contributed by atoms with Crippen molar-refractivity contribution in [3.63, 3.8) is 0 Å². The van der Waals surface area contributed by atoms with Crippen molar-refractivity contribution >= 4 is 33.5 Å². The van der Waals surface area contributed by atoms with Crippen LogP contribution in [0.2, 0.25) is 0 Å². The van der Waals surface area contributed by atoms with Crippen molar-refractivity contribution < 1.29 is 14.7 Å². The molecular formula is C13H16BrNO3. The van der Waals surface area contributed by atoms with Crippen LogP contribution in [0.25, 0.3) is 0 Å². The van der Waals surface area contributed by atoms with Crippen LogP contribution in [0.15, 0.2) is 22.7 Å². The van der Waals surface area contributed by atoms with E-state index in [2.05, 4.69) is 21.2 Å². The standard InChI is InChI=1S/C13H16BrNO3/c1-8(7-13(17)18)6-12(16)15-11-5-3-4-10(14)9(11)2/h3-5,8H,6-7H2,1-2H3,(H,15,16)(H,17,18). The molecule has 98 valence electrons. The van der Waals surface area contributed by atoms with Crippen LogP contribution in [0.3, 0.4) is 0 Å². The Morgan fingerprint density at radius 1 is 1.39 bits per heavy atom. The number of aliphatic carboxylic acids is 1. The predicted octanol–water partition coefficient (Wildman–Crippen LogP) is 3.20. The van der Waals surface area contributed by atoms with Crippen molar-refractivity contribution in [2.24, 2.45) is 5.92 Å². The van der Waals surface area contributed by atoms with Crippen molar-refractivity contribution in [2.45, 2.75) is 26.7 Å². The lowest BCUT2D eigenvalue weighted by Crippen LogP contribution is -2.17. The molecule has 0 radical (unpaired) electrons. The summed E-state index contributed by atoms with van der Waals surface area (Å²) >= 11 is 3.39. The van der Waals surface area contributed by atoms with Gasteiger partial charge in [0, 0.05) is 23.0 Å². The molecule has 5 heteroatoms. The van der Waals surface area contributed by atoms with Gasteiger partial charge >= 0.3 is 5.97 Å². The maximum atomic E-state index is 11.7. The highest BCUT2D eigenvalue weighted by Gasteiger charge is 2.13. The lowest BCUT2D eigenvalue weighted by atomic mass is 10.0. The van der Waals surface area contributed by atoms with Gasteiger partial charge in [-0.2, -0.15) is 0 Å². The maximum absolute atomic E-state index is 11.7. The Balaban J connectivity index is 2.59. The number of hydrogen-bond acceptors (Lipinski definition) is 2.